The second kappa shape index (κ2) is 6.73. The average Bonchev–Trinajstić information content (AvgIpc) is 2.43. The molecule has 19 heavy (non-hydrogen) atoms. The molecule has 0 spiro atoms. The van der Waals surface area contributed by atoms with E-state index >= 15 is 0 Å². The Morgan fingerprint density at radius 1 is 1.16 bits per heavy atom. The normalized spacial score (nSPS) is 10.2. The first-order valence-corrected chi connectivity index (χ1v) is 6.64. The molecule has 0 bridgehead atoms. The van der Waals surface area contributed by atoms with Gasteiger partial charge in [0.15, 0.2) is 0 Å². The molecule has 100 valence electrons. The Hall–Kier alpha value is -2.10. The number of hydrogen-bond acceptors (Lipinski definition) is 4. The Labute approximate surface area is 114 Å². The van der Waals surface area contributed by atoms with Crippen LogP contribution in [-0.4, -0.2) is 16.5 Å². The van der Waals surface area contributed by atoms with Crippen molar-refractivity contribution in [2.75, 3.05) is 17.2 Å². The van der Waals surface area contributed by atoms with Gasteiger partial charge >= 0.3 is 0 Å². The molecule has 2 aromatic rings. The van der Waals surface area contributed by atoms with E-state index in [4.69, 9.17) is 0 Å². The van der Waals surface area contributed by atoms with Gasteiger partial charge in [-0.3, -0.25) is 0 Å². The number of nitrogens with one attached hydrogen (secondary N) is 2. The molecule has 0 saturated carbocycles. The van der Waals surface area contributed by atoms with Gasteiger partial charge < -0.3 is 10.6 Å². The first-order valence-electron chi connectivity index (χ1n) is 6.64. The maximum atomic E-state index is 4.41. The molecule has 1 aromatic carbocycles. The molecule has 4 heteroatoms. The summed E-state index contributed by atoms with van der Waals surface area (Å²) in [6.45, 7) is 5.88. The molecule has 0 aliphatic carbocycles. The summed E-state index contributed by atoms with van der Waals surface area (Å²) in [6, 6.07) is 10.3. The highest BCUT2D eigenvalue weighted by molar-refractivity contribution is 5.40. The maximum absolute atomic E-state index is 4.41. The first kappa shape index (κ1) is 13.3. The minimum Gasteiger partial charge on any atom is -0.370 e. The summed E-state index contributed by atoms with van der Waals surface area (Å²) in [5.41, 5.74) is 2.49. The molecule has 0 unspecified atom stereocenters. The van der Waals surface area contributed by atoms with E-state index in [0.29, 0.717) is 5.95 Å². The summed E-state index contributed by atoms with van der Waals surface area (Å²) < 4.78 is 0. The van der Waals surface area contributed by atoms with E-state index in [1.165, 1.54) is 11.1 Å². The highest BCUT2D eigenvalue weighted by Gasteiger charge is 1.99. The smallest absolute Gasteiger partial charge is 0.224 e. The van der Waals surface area contributed by atoms with Gasteiger partial charge in [0.05, 0.1) is 0 Å². The lowest BCUT2D eigenvalue weighted by Crippen LogP contribution is -2.07. The van der Waals surface area contributed by atoms with Crippen LogP contribution in [-0.2, 0) is 6.54 Å². The third-order valence-corrected chi connectivity index (χ3v) is 2.74. The van der Waals surface area contributed by atoms with Crippen molar-refractivity contribution in [2.24, 2.45) is 0 Å². The van der Waals surface area contributed by atoms with Crippen molar-refractivity contribution < 1.29 is 0 Å². The molecule has 0 radical (unpaired) electrons. The molecule has 0 fully saturated rings. The van der Waals surface area contributed by atoms with Crippen molar-refractivity contribution in [3.05, 3.63) is 47.7 Å². The summed E-state index contributed by atoms with van der Waals surface area (Å²) in [5, 5.41) is 6.49. The van der Waals surface area contributed by atoms with Crippen molar-refractivity contribution in [3.63, 3.8) is 0 Å². The van der Waals surface area contributed by atoms with Crippen LogP contribution in [0, 0.1) is 6.92 Å². The number of rotatable bonds is 6. The summed E-state index contributed by atoms with van der Waals surface area (Å²) in [5.74, 6) is 1.52. The molecule has 0 saturated heterocycles. The lowest BCUT2D eigenvalue weighted by molar-refractivity contribution is 0.961. The number of nitrogens with zero attached hydrogens (tertiary/aromatic N) is 2. The summed E-state index contributed by atoms with van der Waals surface area (Å²) >= 11 is 0. The SMILES string of the molecule is CCCNc1ccnc(NCc2cccc(C)c2)n1. The first-order chi connectivity index (χ1) is 9.28. The lowest BCUT2D eigenvalue weighted by Gasteiger charge is -2.08. The highest BCUT2D eigenvalue weighted by atomic mass is 15.1. The molecule has 0 amide bonds. The van der Waals surface area contributed by atoms with Crippen LogP contribution in [0.5, 0.6) is 0 Å². The van der Waals surface area contributed by atoms with Crippen LogP contribution in [0.2, 0.25) is 0 Å². The maximum Gasteiger partial charge on any atom is 0.224 e. The van der Waals surface area contributed by atoms with Crippen molar-refractivity contribution in [1.29, 1.82) is 0 Å². The molecule has 0 atom stereocenters. The van der Waals surface area contributed by atoms with Crippen molar-refractivity contribution in [1.82, 2.24) is 9.97 Å². The molecule has 2 N–H and O–H groups in total. The van der Waals surface area contributed by atoms with Crippen LogP contribution in [0.15, 0.2) is 36.5 Å². The third kappa shape index (κ3) is 4.25. The molecule has 2 rings (SSSR count). The zero-order valence-electron chi connectivity index (χ0n) is 11.5. The van der Waals surface area contributed by atoms with Gasteiger partial charge in [-0.25, -0.2) is 4.98 Å². The van der Waals surface area contributed by atoms with Gasteiger partial charge in [0.1, 0.15) is 5.82 Å². The van der Waals surface area contributed by atoms with E-state index in [2.05, 4.69) is 58.7 Å². The number of aryl methyl sites for hydroxylation is 1. The van der Waals surface area contributed by atoms with Crippen molar-refractivity contribution in [3.8, 4) is 0 Å². The largest absolute Gasteiger partial charge is 0.370 e. The number of aromatic nitrogens is 2. The van der Waals surface area contributed by atoms with E-state index in [9.17, 15) is 0 Å². The van der Waals surface area contributed by atoms with Crippen LogP contribution in [0.4, 0.5) is 11.8 Å². The Morgan fingerprint density at radius 3 is 2.84 bits per heavy atom. The van der Waals surface area contributed by atoms with Crippen LogP contribution in [0.3, 0.4) is 0 Å². The predicted molar refractivity (Wildman–Crippen MR) is 79.3 cm³/mol. The van der Waals surface area contributed by atoms with Gasteiger partial charge in [0.25, 0.3) is 0 Å². The Morgan fingerprint density at radius 2 is 2.05 bits per heavy atom. The van der Waals surface area contributed by atoms with Gasteiger partial charge in [0.2, 0.25) is 5.95 Å². The third-order valence-electron chi connectivity index (χ3n) is 2.74. The van der Waals surface area contributed by atoms with Crippen LogP contribution >= 0.6 is 0 Å². The van der Waals surface area contributed by atoms with E-state index in [1.54, 1.807) is 6.20 Å². The van der Waals surface area contributed by atoms with Gasteiger partial charge in [0, 0.05) is 19.3 Å². The predicted octanol–water partition coefficient (Wildman–Crippen LogP) is 3.22. The second-order valence-electron chi connectivity index (χ2n) is 4.53. The molecular weight excluding hydrogens is 236 g/mol. The van der Waals surface area contributed by atoms with Gasteiger partial charge in [-0.2, -0.15) is 4.98 Å². The Bertz CT molecular complexity index is 525. The molecule has 0 aliphatic rings. The quantitative estimate of drug-likeness (QED) is 0.833. The molecular formula is C15H20N4. The van der Waals surface area contributed by atoms with E-state index in [-0.39, 0.29) is 0 Å². The summed E-state index contributed by atoms with van der Waals surface area (Å²) in [4.78, 5) is 8.64. The molecule has 1 aromatic heterocycles. The van der Waals surface area contributed by atoms with Gasteiger partial charge in [-0.15, -0.1) is 0 Å². The zero-order valence-corrected chi connectivity index (χ0v) is 11.5. The molecule has 0 aliphatic heterocycles. The van der Waals surface area contributed by atoms with Crippen LogP contribution in [0.25, 0.3) is 0 Å². The summed E-state index contributed by atoms with van der Waals surface area (Å²) in [6.07, 6.45) is 2.85. The number of anilines is 2. The van der Waals surface area contributed by atoms with E-state index < -0.39 is 0 Å². The topological polar surface area (TPSA) is 49.8 Å². The standard InChI is InChI=1S/C15H20N4/c1-3-8-16-14-7-9-17-15(19-14)18-11-13-6-4-5-12(2)10-13/h4-7,9-10H,3,8,11H2,1-2H3,(H2,16,17,18,19). The van der Waals surface area contributed by atoms with E-state index in [1.807, 2.05) is 6.07 Å². The lowest BCUT2D eigenvalue weighted by atomic mass is 10.1. The van der Waals surface area contributed by atoms with Crippen LogP contribution < -0.4 is 10.6 Å². The molecule has 4 nitrogen and oxygen atoms in total. The second-order valence-corrected chi connectivity index (χ2v) is 4.53. The minimum absolute atomic E-state index is 0.655. The number of benzene rings is 1. The Balaban J connectivity index is 1.95. The molecule has 1 heterocycles. The Kier molecular flexibility index (Phi) is 4.72. The van der Waals surface area contributed by atoms with Gasteiger partial charge in [-0.1, -0.05) is 36.8 Å². The fourth-order valence-electron chi connectivity index (χ4n) is 1.80. The minimum atomic E-state index is 0.655. The average molecular weight is 256 g/mol. The van der Waals surface area contributed by atoms with Gasteiger partial charge in [-0.05, 0) is 25.0 Å². The number of hydrogen-bond donors (Lipinski definition) is 2. The fourth-order valence-corrected chi connectivity index (χ4v) is 1.80. The van der Waals surface area contributed by atoms with Crippen molar-refractivity contribution >= 4 is 11.8 Å². The zero-order chi connectivity index (χ0) is 13.5. The van der Waals surface area contributed by atoms with Crippen molar-refractivity contribution in [2.45, 2.75) is 26.8 Å². The fraction of sp³-hybridized carbons (Fsp3) is 0.333. The van der Waals surface area contributed by atoms with Crippen LogP contribution in [0.1, 0.15) is 24.5 Å². The highest BCUT2D eigenvalue weighted by Crippen LogP contribution is 2.09. The monoisotopic (exact) mass is 256 g/mol. The van der Waals surface area contributed by atoms with E-state index in [0.717, 1.165) is 25.3 Å². The summed E-state index contributed by atoms with van der Waals surface area (Å²) in [7, 11) is 0.